The van der Waals surface area contributed by atoms with Crippen LogP contribution in [0.25, 0.3) is 6.08 Å². The van der Waals surface area contributed by atoms with Gasteiger partial charge in [-0.1, -0.05) is 18.2 Å². The van der Waals surface area contributed by atoms with Gasteiger partial charge in [0.25, 0.3) is 5.91 Å². The molecule has 0 radical (unpaired) electrons. The van der Waals surface area contributed by atoms with Crippen LogP contribution in [-0.2, 0) is 4.79 Å². The number of benzene rings is 2. The number of nitrogens with zero attached hydrogens (tertiary/aromatic N) is 2. The zero-order chi connectivity index (χ0) is 18.8. The summed E-state index contributed by atoms with van der Waals surface area (Å²) < 4.78 is 5.12. The number of rotatable bonds is 3. The Hall–Kier alpha value is -2.73. The summed E-state index contributed by atoms with van der Waals surface area (Å²) in [4.78, 5) is 19.4. The first-order valence-corrected chi connectivity index (χ1v) is 8.91. The maximum Gasteiger partial charge on any atom is 0.266 e. The molecule has 134 valence electrons. The first-order valence-electron chi connectivity index (χ1n) is 8.09. The van der Waals surface area contributed by atoms with Crippen LogP contribution < -0.4 is 4.74 Å². The molecule has 3 rings (SSSR count). The fourth-order valence-corrected chi connectivity index (χ4v) is 3.51. The summed E-state index contributed by atoms with van der Waals surface area (Å²) in [7, 11) is 3.21. The molecule has 26 heavy (non-hydrogen) atoms. The Morgan fingerprint density at radius 1 is 1.19 bits per heavy atom. The number of hydrogen-bond donors (Lipinski definition) is 1. The Morgan fingerprint density at radius 3 is 2.69 bits per heavy atom. The van der Waals surface area contributed by atoms with E-state index in [2.05, 4.69) is 4.99 Å². The van der Waals surface area contributed by atoms with Gasteiger partial charge in [-0.2, -0.15) is 0 Å². The van der Waals surface area contributed by atoms with Crippen molar-refractivity contribution in [1.29, 1.82) is 0 Å². The second kappa shape index (κ2) is 7.25. The molecule has 1 heterocycles. The van der Waals surface area contributed by atoms with Crippen LogP contribution in [0.3, 0.4) is 0 Å². The molecule has 0 spiro atoms. The highest BCUT2D eigenvalue weighted by Gasteiger charge is 2.30. The van der Waals surface area contributed by atoms with Gasteiger partial charge in [-0.05, 0) is 66.6 Å². The van der Waals surface area contributed by atoms with Crippen molar-refractivity contribution in [3.63, 3.8) is 0 Å². The van der Waals surface area contributed by atoms with E-state index in [4.69, 9.17) is 4.74 Å². The van der Waals surface area contributed by atoms with E-state index >= 15 is 0 Å². The third-order valence-electron chi connectivity index (χ3n) is 4.09. The van der Waals surface area contributed by atoms with E-state index in [9.17, 15) is 9.90 Å². The van der Waals surface area contributed by atoms with Crippen LogP contribution in [0.4, 0.5) is 5.69 Å². The Labute approximate surface area is 157 Å². The average molecular weight is 368 g/mol. The fraction of sp³-hybridized carbons (Fsp3) is 0.200. The van der Waals surface area contributed by atoms with E-state index in [-0.39, 0.29) is 11.7 Å². The van der Waals surface area contributed by atoms with E-state index in [1.54, 1.807) is 36.2 Å². The molecule has 0 bridgehead atoms. The third-order valence-corrected chi connectivity index (χ3v) is 5.15. The van der Waals surface area contributed by atoms with Crippen LogP contribution in [0.15, 0.2) is 46.3 Å². The summed E-state index contributed by atoms with van der Waals surface area (Å²) in [5.74, 6) is 0.327. The van der Waals surface area contributed by atoms with Crippen molar-refractivity contribution in [3.8, 4) is 11.5 Å². The predicted octanol–water partition coefficient (Wildman–Crippen LogP) is 4.25. The van der Waals surface area contributed by atoms with Crippen molar-refractivity contribution in [2.45, 2.75) is 13.8 Å². The number of phenols is 1. The molecule has 0 atom stereocenters. The number of methoxy groups -OCH3 is 1. The molecule has 1 fully saturated rings. The summed E-state index contributed by atoms with van der Waals surface area (Å²) in [6.45, 7) is 4.02. The standard InChI is InChI=1S/C20H20N2O3S/c1-12-5-6-13(2)15(9-12)21-20-22(3)19(24)18(26-20)11-14-7-8-16(23)17(10-14)25-4/h5-11,23H,1-4H3/b18-11+,21-20?. The van der Waals surface area contributed by atoms with Gasteiger partial charge in [0.15, 0.2) is 16.7 Å². The molecule has 6 heteroatoms. The molecule has 0 saturated carbocycles. The van der Waals surface area contributed by atoms with Gasteiger partial charge in [0.2, 0.25) is 0 Å². The van der Waals surface area contributed by atoms with E-state index in [1.807, 2.05) is 32.0 Å². The quantitative estimate of drug-likeness (QED) is 0.823. The SMILES string of the molecule is COc1cc(/C=C2/SC(=Nc3cc(C)ccc3C)N(C)C2=O)ccc1O. The van der Waals surface area contributed by atoms with Crippen LogP contribution in [0.5, 0.6) is 11.5 Å². The smallest absolute Gasteiger partial charge is 0.266 e. The first-order chi connectivity index (χ1) is 12.4. The Kier molecular flexibility index (Phi) is 5.04. The van der Waals surface area contributed by atoms with E-state index in [0.717, 1.165) is 22.4 Å². The van der Waals surface area contributed by atoms with Gasteiger partial charge < -0.3 is 9.84 Å². The molecule has 1 aliphatic heterocycles. The van der Waals surface area contributed by atoms with Gasteiger partial charge in [-0.3, -0.25) is 9.69 Å². The maximum absolute atomic E-state index is 12.6. The first kappa shape index (κ1) is 18.1. The van der Waals surface area contributed by atoms with Gasteiger partial charge in [0.05, 0.1) is 17.7 Å². The Morgan fingerprint density at radius 2 is 1.96 bits per heavy atom. The van der Waals surface area contributed by atoms with Crippen LogP contribution >= 0.6 is 11.8 Å². The van der Waals surface area contributed by atoms with E-state index in [0.29, 0.717) is 15.8 Å². The molecule has 0 unspecified atom stereocenters. The maximum atomic E-state index is 12.6. The fourth-order valence-electron chi connectivity index (χ4n) is 2.53. The van der Waals surface area contributed by atoms with E-state index in [1.165, 1.54) is 18.9 Å². The number of aryl methyl sites for hydroxylation is 2. The van der Waals surface area contributed by atoms with Crippen LogP contribution in [0, 0.1) is 13.8 Å². The van der Waals surface area contributed by atoms with Crippen molar-refractivity contribution in [2.24, 2.45) is 4.99 Å². The van der Waals surface area contributed by atoms with Crippen LogP contribution in [0.2, 0.25) is 0 Å². The number of likely N-dealkylation sites (N-methyl/N-ethyl adjacent to an activating group) is 1. The number of carbonyl (C=O) groups excluding carboxylic acids is 1. The lowest BCUT2D eigenvalue weighted by atomic mass is 10.1. The normalized spacial score (nSPS) is 17.4. The summed E-state index contributed by atoms with van der Waals surface area (Å²) in [5, 5.41) is 10.3. The molecule has 1 amide bonds. The predicted molar refractivity (Wildman–Crippen MR) is 106 cm³/mol. The van der Waals surface area contributed by atoms with Crippen molar-refractivity contribution < 1.29 is 14.6 Å². The number of thioether (sulfide) groups is 1. The number of hydrogen-bond acceptors (Lipinski definition) is 5. The summed E-state index contributed by atoms with van der Waals surface area (Å²) >= 11 is 1.33. The Bertz CT molecular complexity index is 935. The van der Waals surface area contributed by atoms with Gasteiger partial charge in [0, 0.05) is 7.05 Å². The molecular weight excluding hydrogens is 348 g/mol. The topological polar surface area (TPSA) is 62.1 Å². The van der Waals surface area contributed by atoms with Gasteiger partial charge >= 0.3 is 0 Å². The summed E-state index contributed by atoms with van der Waals surface area (Å²) in [6.07, 6.45) is 1.77. The molecule has 1 aliphatic rings. The molecule has 2 aromatic rings. The number of aliphatic imine (C=N–C) groups is 1. The lowest BCUT2D eigenvalue weighted by molar-refractivity contribution is -0.121. The number of amidine groups is 1. The van der Waals surface area contributed by atoms with Crippen molar-refractivity contribution in [2.75, 3.05) is 14.2 Å². The highest BCUT2D eigenvalue weighted by atomic mass is 32.2. The van der Waals surface area contributed by atoms with Gasteiger partial charge in [-0.25, -0.2) is 4.99 Å². The molecule has 1 N–H and O–H groups in total. The lowest BCUT2D eigenvalue weighted by Gasteiger charge is -2.08. The Balaban J connectivity index is 1.94. The largest absolute Gasteiger partial charge is 0.504 e. The molecule has 0 aromatic heterocycles. The molecule has 5 nitrogen and oxygen atoms in total. The summed E-state index contributed by atoms with van der Waals surface area (Å²) in [6, 6.07) is 11.0. The summed E-state index contributed by atoms with van der Waals surface area (Å²) in [5.41, 5.74) is 3.82. The second-order valence-corrected chi connectivity index (χ2v) is 7.10. The lowest BCUT2D eigenvalue weighted by Crippen LogP contribution is -2.23. The van der Waals surface area contributed by atoms with E-state index < -0.39 is 0 Å². The van der Waals surface area contributed by atoms with Crippen LogP contribution in [0.1, 0.15) is 16.7 Å². The second-order valence-electron chi connectivity index (χ2n) is 6.09. The molecule has 1 saturated heterocycles. The number of phenolic OH excluding ortho intramolecular Hbond substituents is 1. The minimum atomic E-state index is -0.105. The van der Waals surface area contributed by atoms with Gasteiger partial charge in [-0.15, -0.1) is 0 Å². The van der Waals surface area contributed by atoms with Crippen molar-refractivity contribution >= 4 is 34.6 Å². The number of ether oxygens (including phenoxy) is 1. The molecule has 0 aliphatic carbocycles. The van der Waals surface area contributed by atoms with Gasteiger partial charge in [0.1, 0.15) is 0 Å². The number of aromatic hydroxyl groups is 1. The molecule has 2 aromatic carbocycles. The number of carbonyl (C=O) groups is 1. The third kappa shape index (κ3) is 3.60. The zero-order valence-corrected chi connectivity index (χ0v) is 15.9. The monoisotopic (exact) mass is 368 g/mol. The molecular formula is C20H20N2O3S. The van der Waals surface area contributed by atoms with Crippen molar-refractivity contribution in [3.05, 3.63) is 58.0 Å². The number of amides is 1. The van der Waals surface area contributed by atoms with Crippen LogP contribution in [-0.4, -0.2) is 35.2 Å². The minimum absolute atomic E-state index is 0.0642. The zero-order valence-electron chi connectivity index (χ0n) is 15.1. The highest BCUT2D eigenvalue weighted by molar-refractivity contribution is 8.18. The van der Waals surface area contributed by atoms with Crippen molar-refractivity contribution in [1.82, 2.24) is 4.90 Å². The average Bonchev–Trinajstić information content (AvgIpc) is 2.87. The minimum Gasteiger partial charge on any atom is -0.504 e. The highest BCUT2D eigenvalue weighted by Crippen LogP contribution is 2.35.